The normalized spacial score (nSPS) is 10.2. The third-order valence-electron chi connectivity index (χ3n) is 3.21. The largest absolute Gasteiger partial charge is 0.395 e. The lowest BCUT2D eigenvalue weighted by Gasteiger charge is -2.12. The zero-order valence-corrected chi connectivity index (χ0v) is 13.2. The van der Waals surface area contributed by atoms with Crippen molar-refractivity contribution in [3.8, 4) is 0 Å². The number of carbonyl (C=O) groups excluding carboxylic acids is 2. The fraction of sp³-hybridized carbons (Fsp3) is 0.176. The van der Waals surface area contributed by atoms with Gasteiger partial charge in [0, 0.05) is 24.0 Å². The lowest BCUT2D eigenvalue weighted by Crippen LogP contribution is -2.28. The van der Waals surface area contributed by atoms with Crippen LogP contribution in [0.15, 0.2) is 42.5 Å². The van der Waals surface area contributed by atoms with E-state index in [9.17, 15) is 18.4 Å². The summed E-state index contributed by atoms with van der Waals surface area (Å²) >= 11 is 0. The van der Waals surface area contributed by atoms with Crippen LogP contribution in [0, 0.1) is 11.6 Å². The summed E-state index contributed by atoms with van der Waals surface area (Å²) in [5.41, 5.74) is 0.870. The van der Waals surface area contributed by atoms with Crippen LogP contribution in [-0.2, 0) is 4.79 Å². The molecule has 0 bridgehead atoms. The monoisotopic (exact) mass is 349 g/mol. The summed E-state index contributed by atoms with van der Waals surface area (Å²) in [6.45, 7) is -0.245. The van der Waals surface area contributed by atoms with Crippen molar-refractivity contribution in [1.82, 2.24) is 5.32 Å². The lowest BCUT2D eigenvalue weighted by molar-refractivity contribution is -0.114. The summed E-state index contributed by atoms with van der Waals surface area (Å²) in [6.07, 6.45) is 0. The van der Waals surface area contributed by atoms with Gasteiger partial charge in [0.15, 0.2) is 11.6 Å². The Morgan fingerprint density at radius 2 is 1.80 bits per heavy atom. The summed E-state index contributed by atoms with van der Waals surface area (Å²) in [7, 11) is 0. The molecule has 8 heteroatoms. The van der Waals surface area contributed by atoms with Crippen LogP contribution in [0.5, 0.6) is 0 Å². The van der Waals surface area contributed by atoms with Crippen LogP contribution in [0.2, 0.25) is 0 Å². The van der Waals surface area contributed by atoms with Crippen LogP contribution < -0.4 is 16.0 Å². The first-order valence-corrected chi connectivity index (χ1v) is 7.48. The number of aliphatic hydroxyl groups excluding tert-OH is 1. The van der Waals surface area contributed by atoms with Crippen molar-refractivity contribution in [2.75, 3.05) is 30.3 Å². The van der Waals surface area contributed by atoms with E-state index in [0.717, 1.165) is 12.1 Å². The highest BCUT2D eigenvalue weighted by molar-refractivity contribution is 6.00. The smallest absolute Gasteiger partial charge is 0.253 e. The molecule has 0 aliphatic carbocycles. The molecule has 0 aliphatic rings. The number of para-hydroxylation sites is 1. The molecule has 2 amide bonds. The van der Waals surface area contributed by atoms with Gasteiger partial charge in [0.1, 0.15) is 0 Å². The first-order valence-electron chi connectivity index (χ1n) is 7.48. The van der Waals surface area contributed by atoms with Gasteiger partial charge in [-0.25, -0.2) is 8.78 Å². The number of aliphatic hydroxyl groups is 1. The van der Waals surface area contributed by atoms with Crippen molar-refractivity contribution < 1.29 is 23.5 Å². The van der Waals surface area contributed by atoms with E-state index in [0.29, 0.717) is 11.3 Å². The molecule has 0 heterocycles. The minimum atomic E-state index is -1.06. The second kappa shape index (κ2) is 8.74. The van der Waals surface area contributed by atoms with Crippen molar-refractivity contribution in [3.63, 3.8) is 0 Å². The average molecular weight is 349 g/mol. The van der Waals surface area contributed by atoms with Gasteiger partial charge in [-0.3, -0.25) is 9.59 Å². The van der Waals surface area contributed by atoms with E-state index in [1.165, 1.54) is 6.07 Å². The Hall–Kier alpha value is -3.00. The third kappa shape index (κ3) is 5.25. The van der Waals surface area contributed by atoms with Gasteiger partial charge in [-0.15, -0.1) is 0 Å². The van der Waals surface area contributed by atoms with Gasteiger partial charge in [-0.05, 0) is 24.3 Å². The molecule has 0 aromatic heterocycles. The first kappa shape index (κ1) is 18.3. The van der Waals surface area contributed by atoms with E-state index in [1.807, 2.05) is 0 Å². The number of halogens is 2. The van der Waals surface area contributed by atoms with Crippen molar-refractivity contribution in [2.45, 2.75) is 0 Å². The molecule has 4 N–H and O–H groups in total. The predicted octanol–water partition coefficient (Wildman–Crippen LogP) is 1.74. The fourth-order valence-corrected chi connectivity index (χ4v) is 2.05. The maximum Gasteiger partial charge on any atom is 0.253 e. The zero-order chi connectivity index (χ0) is 18.2. The highest BCUT2D eigenvalue weighted by Gasteiger charge is 2.11. The van der Waals surface area contributed by atoms with Gasteiger partial charge in [-0.2, -0.15) is 0 Å². The Labute approximate surface area is 142 Å². The molecule has 0 aliphatic heterocycles. The fourth-order valence-electron chi connectivity index (χ4n) is 2.05. The molecule has 0 spiro atoms. The predicted molar refractivity (Wildman–Crippen MR) is 89.3 cm³/mol. The van der Waals surface area contributed by atoms with Crippen molar-refractivity contribution in [1.29, 1.82) is 0 Å². The second-order valence-corrected chi connectivity index (χ2v) is 5.06. The quantitative estimate of drug-likeness (QED) is 0.613. The topological polar surface area (TPSA) is 90.5 Å². The number of hydrogen-bond donors (Lipinski definition) is 4. The Kier molecular flexibility index (Phi) is 6.41. The molecular weight excluding hydrogens is 332 g/mol. The van der Waals surface area contributed by atoms with Crippen LogP contribution in [-0.4, -0.2) is 36.6 Å². The van der Waals surface area contributed by atoms with Gasteiger partial charge >= 0.3 is 0 Å². The highest BCUT2D eigenvalue weighted by Crippen LogP contribution is 2.15. The molecule has 0 saturated heterocycles. The molecule has 25 heavy (non-hydrogen) atoms. The molecule has 0 atom stereocenters. The summed E-state index contributed by atoms with van der Waals surface area (Å²) in [5.74, 6) is -2.94. The first-order chi connectivity index (χ1) is 12.0. The lowest BCUT2D eigenvalue weighted by atomic mass is 10.1. The molecule has 0 fully saturated rings. The van der Waals surface area contributed by atoms with E-state index in [2.05, 4.69) is 16.0 Å². The molecule has 2 rings (SSSR count). The third-order valence-corrected chi connectivity index (χ3v) is 3.21. The van der Waals surface area contributed by atoms with Crippen LogP contribution in [0.25, 0.3) is 0 Å². The Morgan fingerprint density at radius 3 is 2.52 bits per heavy atom. The van der Waals surface area contributed by atoms with Gasteiger partial charge < -0.3 is 21.1 Å². The van der Waals surface area contributed by atoms with Gasteiger partial charge in [0.25, 0.3) is 5.91 Å². The molecule has 0 unspecified atom stereocenters. The van der Waals surface area contributed by atoms with Crippen molar-refractivity contribution in [2.24, 2.45) is 0 Å². The second-order valence-electron chi connectivity index (χ2n) is 5.06. The summed E-state index contributed by atoms with van der Waals surface area (Å²) in [4.78, 5) is 23.9. The Morgan fingerprint density at radius 1 is 1.04 bits per heavy atom. The number of rotatable bonds is 7. The molecule has 0 saturated carbocycles. The maximum absolute atomic E-state index is 13.1. The van der Waals surface area contributed by atoms with Crippen LogP contribution in [0.4, 0.5) is 20.2 Å². The van der Waals surface area contributed by atoms with Gasteiger partial charge in [0.2, 0.25) is 5.91 Å². The standard InChI is InChI=1S/C17H17F2N3O3/c18-13-6-5-11(9-14(13)19)22-16(24)10-21-15-4-2-1-3-12(15)17(25)20-7-8-23/h1-6,9,21,23H,7-8,10H2,(H,20,25)(H,22,24). The number of nitrogens with one attached hydrogen (secondary N) is 3. The Balaban J connectivity index is 1.97. The van der Waals surface area contributed by atoms with Gasteiger partial charge in [0.05, 0.1) is 18.7 Å². The number of amides is 2. The van der Waals surface area contributed by atoms with E-state index in [-0.39, 0.29) is 25.4 Å². The summed E-state index contributed by atoms with van der Waals surface area (Å²) in [5, 5.41) is 16.5. The minimum Gasteiger partial charge on any atom is -0.395 e. The molecule has 2 aromatic carbocycles. The summed E-state index contributed by atoms with van der Waals surface area (Å²) < 4.78 is 26.0. The van der Waals surface area contributed by atoms with Crippen LogP contribution in [0.3, 0.4) is 0 Å². The summed E-state index contributed by atoms with van der Waals surface area (Å²) in [6, 6.07) is 9.59. The SMILES string of the molecule is O=C(CNc1ccccc1C(=O)NCCO)Nc1ccc(F)c(F)c1. The van der Waals surface area contributed by atoms with Crippen LogP contribution in [0.1, 0.15) is 10.4 Å². The number of benzene rings is 2. The van der Waals surface area contributed by atoms with E-state index in [4.69, 9.17) is 5.11 Å². The minimum absolute atomic E-state index is 0.115. The average Bonchev–Trinajstić information content (AvgIpc) is 2.61. The van der Waals surface area contributed by atoms with Crippen molar-refractivity contribution >= 4 is 23.2 Å². The van der Waals surface area contributed by atoms with E-state index in [1.54, 1.807) is 24.3 Å². The molecule has 2 aromatic rings. The van der Waals surface area contributed by atoms with Crippen molar-refractivity contribution in [3.05, 3.63) is 59.7 Å². The zero-order valence-electron chi connectivity index (χ0n) is 13.2. The molecule has 132 valence electrons. The number of carbonyl (C=O) groups is 2. The molecular formula is C17H17F2N3O3. The number of anilines is 2. The van der Waals surface area contributed by atoms with Crippen LogP contribution >= 0.6 is 0 Å². The van der Waals surface area contributed by atoms with Gasteiger partial charge in [-0.1, -0.05) is 12.1 Å². The molecule has 0 radical (unpaired) electrons. The van der Waals surface area contributed by atoms with E-state index < -0.39 is 23.4 Å². The maximum atomic E-state index is 13.1. The number of hydrogen-bond acceptors (Lipinski definition) is 4. The van der Waals surface area contributed by atoms with E-state index >= 15 is 0 Å². The highest BCUT2D eigenvalue weighted by atomic mass is 19.2. The Bertz CT molecular complexity index is 769. The molecule has 6 nitrogen and oxygen atoms in total.